The van der Waals surface area contributed by atoms with Crippen molar-refractivity contribution in [3.8, 4) is 22.7 Å². The van der Waals surface area contributed by atoms with Gasteiger partial charge in [-0.1, -0.05) is 42.2 Å². The van der Waals surface area contributed by atoms with Crippen LogP contribution in [-0.4, -0.2) is 43.0 Å². The summed E-state index contributed by atoms with van der Waals surface area (Å²) in [4.78, 5) is 25.9. The highest BCUT2D eigenvalue weighted by atomic mass is 32.2. The van der Waals surface area contributed by atoms with Gasteiger partial charge in [0.1, 0.15) is 10.0 Å². The van der Waals surface area contributed by atoms with E-state index >= 15 is 0 Å². The first-order valence-electron chi connectivity index (χ1n) is 10.2. The first kappa shape index (κ1) is 22.7. The fraction of sp³-hybridized carbons (Fsp3) is 0.174. The monoisotopic (exact) mass is 480 g/mol. The summed E-state index contributed by atoms with van der Waals surface area (Å²) in [5.74, 6) is 0.0303. The Kier molecular flexibility index (Phi) is 6.57. The van der Waals surface area contributed by atoms with Crippen LogP contribution in [0.25, 0.3) is 23.0 Å². The molecule has 0 aliphatic carbocycles. The van der Waals surface area contributed by atoms with Crippen LogP contribution < -0.4 is 4.74 Å². The van der Waals surface area contributed by atoms with Gasteiger partial charge in [-0.3, -0.25) is 19.8 Å². The van der Waals surface area contributed by atoms with Gasteiger partial charge in [-0.15, -0.1) is 0 Å². The Morgan fingerprint density at radius 1 is 1.21 bits per heavy atom. The number of amides is 1. The van der Waals surface area contributed by atoms with Crippen molar-refractivity contribution in [2.24, 2.45) is 0 Å². The zero-order valence-electron chi connectivity index (χ0n) is 17.9. The summed E-state index contributed by atoms with van der Waals surface area (Å²) in [6, 6.07) is 14.2. The minimum absolute atomic E-state index is 0.146. The molecule has 0 saturated carbocycles. The number of rotatable bonds is 7. The molecule has 8 nitrogen and oxygen atoms in total. The Hall–Kier alpha value is -3.50. The van der Waals surface area contributed by atoms with Gasteiger partial charge in [0, 0.05) is 29.9 Å². The number of carbonyl (C=O) groups excluding carboxylic acids is 1. The average molecular weight is 481 g/mol. The molecule has 0 N–H and O–H groups in total. The van der Waals surface area contributed by atoms with E-state index < -0.39 is 4.92 Å². The van der Waals surface area contributed by atoms with Gasteiger partial charge in [-0.25, -0.2) is 4.68 Å². The smallest absolute Gasteiger partial charge is 0.311 e. The third-order valence-corrected chi connectivity index (χ3v) is 6.35. The van der Waals surface area contributed by atoms with E-state index in [9.17, 15) is 14.9 Å². The highest BCUT2D eigenvalue weighted by molar-refractivity contribution is 8.26. The number of thioether (sulfide) groups is 1. The summed E-state index contributed by atoms with van der Waals surface area (Å²) in [6.45, 7) is 4.44. The van der Waals surface area contributed by atoms with Gasteiger partial charge in [0.05, 0.1) is 22.1 Å². The Balaban J connectivity index is 1.86. The molecule has 33 heavy (non-hydrogen) atoms. The van der Waals surface area contributed by atoms with Crippen molar-refractivity contribution in [3.63, 3.8) is 0 Å². The second-order valence-corrected chi connectivity index (χ2v) is 8.69. The van der Waals surface area contributed by atoms with Crippen LogP contribution in [0.5, 0.6) is 5.75 Å². The normalized spacial score (nSPS) is 14.8. The molecule has 1 aliphatic rings. The van der Waals surface area contributed by atoms with Crippen LogP contribution in [0.2, 0.25) is 0 Å². The van der Waals surface area contributed by atoms with Crippen molar-refractivity contribution >= 4 is 46.0 Å². The highest BCUT2D eigenvalue weighted by Gasteiger charge is 2.31. The number of likely N-dealkylation sites (N-methyl/N-ethyl adjacent to an activating group) is 1. The van der Waals surface area contributed by atoms with Crippen molar-refractivity contribution < 1.29 is 14.5 Å². The molecular formula is C23H20N4O4S2. The number of nitro groups is 1. The van der Waals surface area contributed by atoms with E-state index in [0.29, 0.717) is 39.2 Å². The van der Waals surface area contributed by atoms with Crippen LogP contribution in [0.1, 0.15) is 19.4 Å². The summed E-state index contributed by atoms with van der Waals surface area (Å²) < 4.78 is 7.59. The van der Waals surface area contributed by atoms with Crippen LogP contribution in [0.3, 0.4) is 0 Å². The fourth-order valence-corrected chi connectivity index (χ4v) is 4.80. The van der Waals surface area contributed by atoms with E-state index in [2.05, 4.69) is 0 Å². The molecule has 0 bridgehead atoms. The number of nitrogens with zero attached hydrogens (tertiary/aromatic N) is 4. The number of hydrogen-bond donors (Lipinski definition) is 0. The summed E-state index contributed by atoms with van der Waals surface area (Å²) in [6.07, 6.45) is 3.53. The molecule has 4 rings (SSSR count). The zero-order chi connectivity index (χ0) is 23.5. The van der Waals surface area contributed by atoms with Gasteiger partial charge < -0.3 is 4.74 Å². The lowest BCUT2D eigenvalue weighted by atomic mass is 10.1. The first-order chi connectivity index (χ1) is 15.9. The number of benzene rings is 2. The minimum Gasteiger partial charge on any atom is -0.487 e. The molecule has 0 radical (unpaired) electrons. The molecule has 2 aromatic carbocycles. The topological polar surface area (TPSA) is 90.5 Å². The zero-order valence-corrected chi connectivity index (χ0v) is 19.6. The largest absolute Gasteiger partial charge is 0.487 e. The van der Waals surface area contributed by atoms with E-state index in [4.69, 9.17) is 22.1 Å². The van der Waals surface area contributed by atoms with Crippen molar-refractivity contribution in [2.45, 2.75) is 13.8 Å². The van der Waals surface area contributed by atoms with Crippen LogP contribution in [0.15, 0.2) is 59.6 Å². The van der Waals surface area contributed by atoms with Crippen LogP contribution in [0.4, 0.5) is 5.69 Å². The molecular weight excluding hydrogens is 460 g/mol. The fourth-order valence-electron chi connectivity index (χ4n) is 3.43. The van der Waals surface area contributed by atoms with Crippen molar-refractivity contribution in [3.05, 3.63) is 75.3 Å². The molecule has 1 saturated heterocycles. The number of thiocarbonyl (C=S) groups is 1. The maximum Gasteiger partial charge on any atom is 0.311 e. The van der Waals surface area contributed by atoms with Crippen molar-refractivity contribution in [2.75, 3.05) is 13.2 Å². The number of nitro benzene ring substituents is 1. The lowest BCUT2D eigenvalue weighted by Crippen LogP contribution is -2.27. The van der Waals surface area contributed by atoms with E-state index in [0.717, 1.165) is 5.69 Å². The molecule has 10 heteroatoms. The summed E-state index contributed by atoms with van der Waals surface area (Å²) >= 11 is 6.55. The van der Waals surface area contributed by atoms with Gasteiger partial charge in [-0.05, 0) is 44.2 Å². The van der Waals surface area contributed by atoms with Crippen molar-refractivity contribution in [1.29, 1.82) is 0 Å². The summed E-state index contributed by atoms with van der Waals surface area (Å²) in [5.41, 5.74) is 2.37. The molecule has 168 valence electrons. The maximum atomic E-state index is 12.8. The van der Waals surface area contributed by atoms with Crippen LogP contribution in [0, 0.1) is 10.1 Å². The number of ether oxygens (including phenoxy) is 1. The average Bonchev–Trinajstić information content (AvgIpc) is 3.35. The predicted molar refractivity (Wildman–Crippen MR) is 132 cm³/mol. The Labute approximate surface area is 200 Å². The van der Waals surface area contributed by atoms with E-state index in [1.165, 1.54) is 22.7 Å². The maximum absolute atomic E-state index is 12.8. The minimum atomic E-state index is -0.477. The SMILES string of the molecule is CCOc1ccc(-c2nn(-c3ccccc3)cc2/C=C2\SC(=S)N(CC)C2=O)cc1[N+](=O)[O-]. The number of aromatic nitrogens is 2. The Bertz CT molecular complexity index is 1270. The van der Waals surface area contributed by atoms with Gasteiger partial charge in [-0.2, -0.15) is 5.10 Å². The standard InChI is InChI=1S/C23H20N4O4S2/c1-3-25-22(28)20(33-23(25)32)13-16-14-26(17-8-6-5-7-9-17)24-21(16)15-10-11-19(31-4-2)18(12-15)27(29)30/h5-14H,3-4H2,1-2H3/b20-13-. The molecule has 1 aliphatic heterocycles. The molecule has 0 unspecified atom stereocenters. The molecule has 2 heterocycles. The van der Waals surface area contributed by atoms with Crippen molar-refractivity contribution in [1.82, 2.24) is 14.7 Å². The van der Waals surface area contributed by atoms with Crippen LogP contribution in [-0.2, 0) is 4.79 Å². The van der Waals surface area contributed by atoms with Gasteiger partial charge in [0.25, 0.3) is 5.91 Å². The molecule has 1 amide bonds. The number of carbonyl (C=O) groups is 1. The third kappa shape index (κ3) is 4.53. The van der Waals surface area contributed by atoms with Gasteiger partial charge >= 0.3 is 5.69 Å². The van der Waals surface area contributed by atoms with E-state index in [1.807, 2.05) is 37.3 Å². The first-order valence-corrected chi connectivity index (χ1v) is 11.5. The Morgan fingerprint density at radius 3 is 2.61 bits per heavy atom. The molecule has 1 aromatic heterocycles. The van der Waals surface area contributed by atoms with Gasteiger partial charge in [0.2, 0.25) is 0 Å². The summed E-state index contributed by atoms with van der Waals surface area (Å²) in [5, 5.41) is 16.3. The number of hydrogen-bond acceptors (Lipinski definition) is 7. The second-order valence-electron chi connectivity index (χ2n) is 7.01. The van der Waals surface area contributed by atoms with Gasteiger partial charge in [0.15, 0.2) is 5.75 Å². The highest BCUT2D eigenvalue weighted by Crippen LogP contribution is 2.37. The molecule has 1 fully saturated rings. The third-order valence-electron chi connectivity index (χ3n) is 4.97. The lowest BCUT2D eigenvalue weighted by molar-refractivity contribution is -0.385. The molecule has 0 spiro atoms. The Morgan fingerprint density at radius 2 is 1.97 bits per heavy atom. The number of para-hydroxylation sites is 1. The molecule has 3 aromatic rings. The quantitative estimate of drug-likeness (QED) is 0.202. The van der Waals surface area contributed by atoms with E-state index in [-0.39, 0.29) is 17.3 Å². The van der Waals surface area contributed by atoms with E-state index in [1.54, 1.807) is 36.0 Å². The second kappa shape index (κ2) is 9.55. The lowest BCUT2D eigenvalue weighted by Gasteiger charge is -2.09. The molecule has 0 atom stereocenters. The predicted octanol–water partition coefficient (Wildman–Crippen LogP) is 5.07. The summed E-state index contributed by atoms with van der Waals surface area (Å²) in [7, 11) is 0. The van der Waals surface area contributed by atoms with Crippen LogP contribution >= 0.6 is 24.0 Å².